The Morgan fingerprint density at radius 2 is 2.17 bits per heavy atom. The minimum absolute atomic E-state index is 0.232. The van der Waals surface area contributed by atoms with E-state index in [0.717, 1.165) is 11.4 Å². The molecule has 0 fully saturated rings. The van der Waals surface area contributed by atoms with Crippen LogP contribution in [0.3, 0.4) is 0 Å². The number of rotatable bonds is 4. The second-order valence-electron chi connectivity index (χ2n) is 3.72. The standard InChI is InChI=1S/C13H12N2O2S/c1-9-4-2-5-10(15-9)8-18-12-11(13(16)17)6-3-7-14-12/h2-7H,8H2,1H3,(H,16,17). The second-order valence-corrected chi connectivity index (χ2v) is 4.68. The van der Waals surface area contributed by atoms with Crippen LogP contribution < -0.4 is 0 Å². The molecule has 2 heterocycles. The number of nitrogens with zero attached hydrogens (tertiary/aromatic N) is 2. The summed E-state index contributed by atoms with van der Waals surface area (Å²) in [5.41, 5.74) is 2.10. The van der Waals surface area contributed by atoms with E-state index in [0.29, 0.717) is 10.8 Å². The number of aryl methyl sites for hydroxylation is 1. The topological polar surface area (TPSA) is 63.1 Å². The first-order valence-corrected chi connectivity index (χ1v) is 6.39. The summed E-state index contributed by atoms with van der Waals surface area (Å²) < 4.78 is 0. The fourth-order valence-electron chi connectivity index (χ4n) is 1.49. The second kappa shape index (κ2) is 5.64. The fraction of sp³-hybridized carbons (Fsp3) is 0.154. The summed E-state index contributed by atoms with van der Waals surface area (Å²) in [5, 5.41) is 9.56. The molecule has 0 aliphatic heterocycles. The van der Waals surface area contributed by atoms with Crippen LogP contribution in [0.15, 0.2) is 41.6 Å². The van der Waals surface area contributed by atoms with Gasteiger partial charge in [-0.2, -0.15) is 0 Å². The Morgan fingerprint density at radius 1 is 1.33 bits per heavy atom. The lowest BCUT2D eigenvalue weighted by atomic mass is 10.3. The van der Waals surface area contributed by atoms with Crippen molar-refractivity contribution in [1.29, 1.82) is 0 Å². The molecule has 0 atom stereocenters. The Labute approximate surface area is 109 Å². The molecule has 92 valence electrons. The van der Waals surface area contributed by atoms with Gasteiger partial charge in [0.15, 0.2) is 0 Å². The summed E-state index contributed by atoms with van der Waals surface area (Å²) in [5.74, 6) is -0.346. The van der Waals surface area contributed by atoms with Crippen molar-refractivity contribution >= 4 is 17.7 Å². The predicted molar refractivity (Wildman–Crippen MR) is 69.7 cm³/mol. The van der Waals surface area contributed by atoms with E-state index < -0.39 is 5.97 Å². The average molecular weight is 260 g/mol. The highest BCUT2D eigenvalue weighted by molar-refractivity contribution is 7.98. The number of thioether (sulfide) groups is 1. The van der Waals surface area contributed by atoms with E-state index in [1.54, 1.807) is 18.3 Å². The monoisotopic (exact) mass is 260 g/mol. The van der Waals surface area contributed by atoms with Crippen molar-refractivity contribution in [2.75, 3.05) is 0 Å². The van der Waals surface area contributed by atoms with Crippen LogP contribution in [0.25, 0.3) is 0 Å². The Bertz CT molecular complexity index is 572. The molecule has 5 heteroatoms. The first kappa shape index (κ1) is 12.6. The summed E-state index contributed by atoms with van der Waals surface area (Å²) in [6, 6.07) is 8.97. The maximum atomic E-state index is 11.0. The highest BCUT2D eigenvalue weighted by Crippen LogP contribution is 2.23. The summed E-state index contributed by atoms with van der Waals surface area (Å²) in [7, 11) is 0. The van der Waals surface area contributed by atoms with E-state index in [2.05, 4.69) is 9.97 Å². The highest BCUT2D eigenvalue weighted by atomic mass is 32.2. The lowest BCUT2D eigenvalue weighted by Crippen LogP contribution is -2.00. The highest BCUT2D eigenvalue weighted by Gasteiger charge is 2.11. The molecule has 18 heavy (non-hydrogen) atoms. The predicted octanol–water partition coefficient (Wildman–Crippen LogP) is 2.78. The zero-order chi connectivity index (χ0) is 13.0. The van der Waals surface area contributed by atoms with Crippen LogP contribution in [0.2, 0.25) is 0 Å². The zero-order valence-electron chi connectivity index (χ0n) is 9.83. The molecule has 0 aliphatic carbocycles. The van der Waals surface area contributed by atoms with E-state index in [-0.39, 0.29) is 5.56 Å². The number of aromatic carboxylic acids is 1. The summed E-state index contributed by atoms with van der Waals surface area (Å²) in [6.07, 6.45) is 1.60. The molecule has 0 aromatic carbocycles. The van der Waals surface area contributed by atoms with E-state index in [1.807, 2.05) is 25.1 Å². The van der Waals surface area contributed by atoms with Crippen molar-refractivity contribution in [3.63, 3.8) is 0 Å². The van der Waals surface area contributed by atoms with Gasteiger partial charge in [0.05, 0.1) is 11.3 Å². The molecule has 0 saturated heterocycles. The van der Waals surface area contributed by atoms with Gasteiger partial charge in [-0.1, -0.05) is 17.8 Å². The zero-order valence-corrected chi connectivity index (χ0v) is 10.6. The number of hydrogen-bond acceptors (Lipinski definition) is 4. The van der Waals surface area contributed by atoms with Crippen molar-refractivity contribution < 1.29 is 9.90 Å². The number of carbonyl (C=O) groups is 1. The number of carboxylic acids is 1. The molecule has 1 N–H and O–H groups in total. The third-order valence-corrected chi connectivity index (χ3v) is 3.34. The SMILES string of the molecule is Cc1cccc(CSc2ncccc2C(=O)O)n1. The van der Waals surface area contributed by atoms with Gasteiger partial charge in [0.25, 0.3) is 0 Å². The lowest BCUT2D eigenvalue weighted by molar-refractivity contribution is 0.0692. The average Bonchev–Trinajstić information content (AvgIpc) is 2.37. The van der Waals surface area contributed by atoms with Gasteiger partial charge in [-0.3, -0.25) is 4.98 Å². The van der Waals surface area contributed by atoms with Gasteiger partial charge in [-0.25, -0.2) is 9.78 Å². The van der Waals surface area contributed by atoms with Crippen molar-refractivity contribution in [1.82, 2.24) is 9.97 Å². The van der Waals surface area contributed by atoms with Crippen molar-refractivity contribution in [3.05, 3.63) is 53.5 Å². The number of aromatic nitrogens is 2. The van der Waals surface area contributed by atoms with Crippen molar-refractivity contribution in [2.24, 2.45) is 0 Å². The van der Waals surface area contributed by atoms with Gasteiger partial charge < -0.3 is 5.11 Å². The normalized spacial score (nSPS) is 10.3. The van der Waals surface area contributed by atoms with E-state index in [4.69, 9.17) is 5.11 Å². The van der Waals surface area contributed by atoms with Crippen LogP contribution in [0.5, 0.6) is 0 Å². The van der Waals surface area contributed by atoms with Crippen LogP contribution in [0, 0.1) is 6.92 Å². The van der Waals surface area contributed by atoms with E-state index in [9.17, 15) is 4.79 Å². The molecule has 0 saturated carbocycles. The van der Waals surface area contributed by atoms with Gasteiger partial charge >= 0.3 is 5.97 Å². The third kappa shape index (κ3) is 3.07. The molecule has 2 aromatic heterocycles. The quantitative estimate of drug-likeness (QED) is 0.856. The Kier molecular flexibility index (Phi) is 3.94. The Balaban J connectivity index is 2.13. The van der Waals surface area contributed by atoms with Crippen LogP contribution in [0.4, 0.5) is 0 Å². The molecule has 4 nitrogen and oxygen atoms in total. The number of carboxylic acid groups (broad SMARTS) is 1. The van der Waals surface area contributed by atoms with Crippen LogP contribution in [-0.2, 0) is 5.75 Å². The maximum Gasteiger partial charge on any atom is 0.338 e. The molecule has 0 aliphatic rings. The summed E-state index contributed by atoms with van der Waals surface area (Å²) in [6.45, 7) is 1.93. The van der Waals surface area contributed by atoms with E-state index in [1.165, 1.54) is 11.8 Å². The lowest BCUT2D eigenvalue weighted by Gasteiger charge is -2.04. The Morgan fingerprint density at radius 3 is 2.89 bits per heavy atom. The minimum atomic E-state index is -0.956. The van der Waals surface area contributed by atoms with Gasteiger partial charge in [-0.05, 0) is 31.2 Å². The molecule has 0 amide bonds. The van der Waals surface area contributed by atoms with Gasteiger partial charge in [0.1, 0.15) is 5.03 Å². The molecule has 2 rings (SSSR count). The molecule has 0 unspecified atom stereocenters. The van der Waals surface area contributed by atoms with Crippen LogP contribution >= 0.6 is 11.8 Å². The summed E-state index contributed by atoms with van der Waals surface area (Å²) in [4.78, 5) is 19.5. The minimum Gasteiger partial charge on any atom is -0.478 e. The van der Waals surface area contributed by atoms with Gasteiger partial charge in [0.2, 0.25) is 0 Å². The van der Waals surface area contributed by atoms with Gasteiger partial charge in [0, 0.05) is 17.6 Å². The third-order valence-electron chi connectivity index (χ3n) is 2.30. The first-order chi connectivity index (χ1) is 8.66. The maximum absolute atomic E-state index is 11.0. The molecular weight excluding hydrogens is 248 g/mol. The Hall–Kier alpha value is -1.88. The van der Waals surface area contributed by atoms with Crippen LogP contribution in [-0.4, -0.2) is 21.0 Å². The fourth-order valence-corrected chi connectivity index (χ4v) is 2.38. The smallest absolute Gasteiger partial charge is 0.338 e. The molecule has 0 radical (unpaired) electrons. The van der Waals surface area contributed by atoms with Crippen LogP contribution in [0.1, 0.15) is 21.7 Å². The number of pyridine rings is 2. The summed E-state index contributed by atoms with van der Waals surface area (Å²) >= 11 is 1.38. The largest absolute Gasteiger partial charge is 0.478 e. The van der Waals surface area contributed by atoms with Crippen molar-refractivity contribution in [3.8, 4) is 0 Å². The van der Waals surface area contributed by atoms with Gasteiger partial charge in [-0.15, -0.1) is 0 Å². The van der Waals surface area contributed by atoms with Crippen molar-refractivity contribution in [2.45, 2.75) is 17.7 Å². The van der Waals surface area contributed by atoms with E-state index >= 15 is 0 Å². The molecule has 0 bridgehead atoms. The number of hydrogen-bond donors (Lipinski definition) is 1. The molecule has 0 spiro atoms. The first-order valence-electron chi connectivity index (χ1n) is 5.40. The molecule has 2 aromatic rings. The molecular formula is C13H12N2O2S.